The van der Waals surface area contributed by atoms with Gasteiger partial charge in [-0.15, -0.1) is 39.0 Å². The first-order valence-corrected chi connectivity index (χ1v) is 33.9. The molecule has 73 heavy (non-hydrogen) atoms. The molecule has 0 spiro atoms. The number of thiophene rings is 2. The van der Waals surface area contributed by atoms with E-state index in [1.807, 2.05) is 22.7 Å². The molecule has 0 saturated heterocycles. The lowest BCUT2D eigenvalue weighted by atomic mass is 9.99. The lowest BCUT2D eigenvalue weighted by Crippen LogP contribution is -2.10. The number of hydrogen-bond donors (Lipinski definition) is 0. The molecular weight excluding hydrogens is 984 g/mol. The van der Waals surface area contributed by atoms with Crippen LogP contribution in [0, 0.1) is 25.7 Å². The predicted octanol–water partition coefficient (Wildman–Crippen LogP) is 21.9. The van der Waals surface area contributed by atoms with Crippen LogP contribution in [0.3, 0.4) is 0 Å². The van der Waals surface area contributed by atoms with Crippen molar-refractivity contribution in [2.24, 2.45) is 11.8 Å². The van der Waals surface area contributed by atoms with Crippen molar-refractivity contribution < 1.29 is 1.37 Å². The van der Waals surface area contributed by atoms with Gasteiger partial charge in [0.25, 0.3) is 0 Å². The van der Waals surface area contributed by atoms with Crippen LogP contribution in [0.15, 0.2) is 48.5 Å². The van der Waals surface area contributed by atoms with Crippen LogP contribution in [0.25, 0.3) is 85.5 Å². The monoisotopic (exact) mass is 1080 g/mol. The maximum absolute atomic E-state index is 6.70. The van der Waals surface area contributed by atoms with E-state index in [9.17, 15) is 0 Å². The molecule has 6 heterocycles. The predicted molar refractivity (Wildman–Crippen MR) is 337 cm³/mol. The zero-order chi connectivity index (χ0) is 53.9. The lowest BCUT2D eigenvalue weighted by Gasteiger charge is -2.22. The molecule has 9 aromatic rings. The Morgan fingerprint density at radius 2 is 1.11 bits per heavy atom. The summed E-state index contributed by atoms with van der Waals surface area (Å²) in [5.41, 5.74) is 13.1. The summed E-state index contributed by atoms with van der Waals surface area (Å²) in [5.74, 6) is 1.32. The fourth-order valence-corrected chi connectivity index (χ4v) is 14.9. The maximum Gasteiger partial charge on any atom is 0.114 e. The van der Waals surface area contributed by atoms with Crippen LogP contribution in [0.1, 0.15) is 201 Å². The standard InChI is InChI=1S/C61H83N5S3.CH5BP2/c1-9-15-19-21-23-25-29-45(30-26-24-22-20-16-10-2)66-53-36-49-51(64(39-43(13-5)27-17-11-3)55-33-42(8)67-60(49)55)34-47(53)48-35-52-50(37-54(48)66)61-56(65(52)40-44(14-6)28-18-12-4)38-57(68-61)46-32-31-41(7)58-59(46)63-69-62-58;1-4(2)3/h31-38,43-45H,9-30,39-40H2,1-8H3;3H2,1H3/i;1T,3TD. The molecule has 9 rings (SSSR count). The van der Waals surface area contributed by atoms with E-state index in [4.69, 9.17) is 20.2 Å². The van der Waals surface area contributed by atoms with Crippen molar-refractivity contribution in [2.45, 2.75) is 216 Å². The van der Waals surface area contributed by atoms with Crippen molar-refractivity contribution in [3.63, 3.8) is 0 Å². The molecule has 4 unspecified atom stereocenters. The number of aromatic nitrogens is 5. The topological polar surface area (TPSA) is 40.6 Å². The van der Waals surface area contributed by atoms with Gasteiger partial charge in [0, 0.05) is 57.4 Å². The summed E-state index contributed by atoms with van der Waals surface area (Å²) in [5, 5.41) is 5.79. The van der Waals surface area contributed by atoms with Crippen molar-refractivity contribution in [3.8, 4) is 10.4 Å². The number of hydrogen-bond acceptors (Lipinski definition) is 5. The maximum atomic E-state index is 6.70. The summed E-state index contributed by atoms with van der Waals surface area (Å²) in [4.78, 5) is 2.73. The Morgan fingerprint density at radius 1 is 0.603 bits per heavy atom. The minimum absolute atomic E-state index is 0.0635. The fraction of sp³-hybridized carbons (Fsp3) is 0.581. The van der Waals surface area contributed by atoms with Crippen LogP contribution >= 0.6 is 50.7 Å². The molecule has 0 amide bonds. The van der Waals surface area contributed by atoms with Gasteiger partial charge >= 0.3 is 0 Å². The highest BCUT2D eigenvalue weighted by molar-refractivity contribution is 8.25. The van der Waals surface area contributed by atoms with E-state index < -0.39 is 16.3 Å². The summed E-state index contributed by atoms with van der Waals surface area (Å²) in [6.45, 7) is 20.9. The first-order chi connectivity index (χ1) is 37.0. The Bertz CT molecular complexity index is 3260. The number of aryl methyl sites for hydroxylation is 2. The van der Waals surface area contributed by atoms with E-state index in [0.29, 0.717) is 17.9 Å². The molecule has 5 nitrogen and oxygen atoms in total. The smallest absolute Gasteiger partial charge is 0.114 e. The van der Waals surface area contributed by atoms with Crippen LogP contribution in [0.4, 0.5) is 0 Å². The van der Waals surface area contributed by atoms with Gasteiger partial charge in [-0.05, 0) is 100.0 Å². The first kappa shape index (κ1) is 52.3. The molecule has 0 bridgehead atoms. The Labute approximate surface area is 460 Å². The van der Waals surface area contributed by atoms with Gasteiger partial charge in [-0.25, -0.2) is 0 Å². The van der Waals surface area contributed by atoms with Gasteiger partial charge in [0.2, 0.25) is 0 Å². The molecule has 6 aromatic heterocycles. The average molecular weight is 1080 g/mol. The molecular formula is C62H88BN5P2S3. The highest BCUT2D eigenvalue weighted by Crippen LogP contribution is 2.48. The average Bonchev–Trinajstić information content (AvgIpc) is 4.48. The van der Waals surface area contributed by atoms with Crippen molar-refractivity contribution in [2.75, 3.05) is 6.64 Å². The number of benzene rings is 3. The zero-order valence-electron chi connectivity index (χ0n) is 49.0. The summed E-state index contributed by atoms with van der Waals surface area (Å²) >= 11 is 5.34. The van der Waals surface area contributed by atoms with E-state index in [2.05, 4.69) is 118 Å². The summed E-state index contributed by atoms with van der Waals surface area (Å²) in [7, 11) is 2.57. The van der Waals surface area contributed by atoms with E-state index in [0.717, 1.165) is 24.1 Å². The number of fused-ring (bicyclic) bond motifs is 10. The summed E-state index contributed by atoms with van der Waals surface area (Å²) in [6.07, 6.45) is 28.7. The molecule has 0 N–H and O–H groups in total. The molecule has 11 heteroatoms. The number of unbranched alkanes of at least 4 members (excludes halogenated alkanes) is 12. The van der Waals surface area contributed by atoms with Gasteiger partial charge in [0.15, 0.2) is 0 Å². The lowest BCUT2D eigenvalue weighted by molar-refractivity contribution is 0.401. The van der Waals surface area contributed by atoms with Crippen LogP contribution in [0.2, 0.25) is 0 Å². The van der Waals surface area contributed by atoms with Crippen molar-refractivity contribution in [1.29, 1.82) is 2.56 Å². The Morgan fingerprint density at radius 3 is 1.63 bits per heavy atom. The van der Waals surface area contributed by atoms with E-state index in [1.54, 1.807) is 0 Å². The van der Waals surface area contributed by atoms with Gasteiger partial charge in [-0.2, -0.15) is 8.75 Å². The van der Waals surface area contributed by atoms with Gasteiger partial charge < -0.3 is 13.7 Å². The van der Waals surface area contributed by atoms with E-state index >= 15 is 0 Å². The Kier molecular flexibility index (Phi) is 19.3. The molecule has 4 atom stereocenters. The van der Waals surface area contributed by atoms with Crippen LogP contribution < -0.4 is 0 Å². The third-order valence-electron chi connectivity index (χ3n) is 16.2. The van der Waals surface area contributed by atoms with Gasteiger partial charge in [-0.1, -0.05) is 169 Å². The van der Waals surface area contributed by atoms with Gasteiger partial charge in [0.1, 0.15) is 18.6 Å². The minimum Gasteiger partial charge on any atom is -0.339 e. The zero-order valence-corrected chi connectivity index (χ0v) is 50.2. The van der Waals surface area contributed by atoms with Gasteiger partial charge in [-0.3, -0.25) is 0 Å². The molecule has 0 aliphatic rings. The second-order valence-electron chi connectivity index (χ2n) is 21.7. The SMILES string of the molecule is CCCCCCCCC(CCCCCCCC)n1c2cc3c4sc(C)cc4n(CC(CC)CCCC)c3cc2c2cc3c(cc21)c1sc(-c2ccc(C)c4nsnc24)cc1n3CC(CC)CCCC.[2H]P([3H])P([B])C[3H]. The van der Waals surface area contributed by atoms with Crippen molar-refractivity contribution >= 4 is 133 Å². The molecule has 2 radical (unpaired) electrons. The van der Waals surface area contributed by atoms with Crippen molar-refractivity contribution in [3.05, 3.63) is 59.0 Å². The van der Waals surface area contributed by atoms with Crippen LogP contribution in [-0.2, 0) is 13.1 Å². The minimum atomic E-state index is -1.51. The second kappa shape index (κ2) is 27.0. The van der Waals surface area contributed by atoms with Gasteiger partial charge in [0.05, 0.1) is 56.8 Å². The third kappa shape index (κ3) is 12.8. The highest BCUT2D eigenvalue weighted by Gasteiger charge is 2.26. The normalized spacial score (nSPS) is 14.6. The third-order valence-corrected chi connectivity index (χ3v) is 19.0. The molecule has 0 saturated carbocycles. The molecule has 392 valence electrons. The Balaban J connectivity index is 0.00000102. The highest BCUT2D eigenvalue weighted by atomic mass is 32.1. The molecule has 0 aliphatic heterocycles. The van der Waals surface area contributed by atoms with Crippen LogP contribution in [-0.4, -0.2) is 39.2 Å². The summed E-state index contributed by atoms with van der Waals surface area (Å²) in [6, 6.07) is 20.7. The fourth-order valence-electron chi connectivity index (χ4n) is 12.0. The Hall–Kier alpha value is -2.80. The summed E-state index contributed by atoms with van der Waals surface area (Å²) < 4.78 is 41.0. The van der Waals surface area contributed by atoms with E-state index in [-0.39, 0.29) is 6.64 Å². The van der Waals surface area contributed by atoms with Crippen molar-refractivity contribution in [1.82, 2.24) is 22.4 Å². The molecule has 0 fully saturated rings. The first-order valence-electron chi connectivity index (χ1n) is 30.4. The number of rotatable bonds is 29. The van der Waals surface area contributed by atoms with Crippen LogP contribution in [0.5, 0.6) is 0 Å². The molecule has 3 aromatic carbocycles. The molecule has 0 aliphatic carbocycles. The number of nitrogens with zero attached hydrogens (tertiary/aromatic N) is 5. The largest absolute Gasteiger partial charge is 0.339 e. The van der Waals surface area contributed by atoms with E-state index in [1.165, 1.54) is 238 Å². The second-order valence-corrected chi connectivity index (χ2v) is 26.9. The quantitative estimate of drug-likeness (QED) is 0.0266.